The fourth-order valence-corrected chi connectivity index (χ4v) is 5.84. The average molecular weight is 530 g/mol. The summed E-state index contributed by atoms with van der Waals surface area (Å²) >= 11 is 5.84. The number of amides is 2. The minimum Gasteiger partial charge on any atom is -0.455 e. The molecule has 0 radical (unpaired) electrons. The molecule has 1 aliphatic heterocycles. The Morgan fingerprint density at radius 1 is 1.16 bits per heavy atom. The molecule has 2 aromatic rings. The number of nitro groups is 1. The molecule has 3 N–H and O–H groups in total. The Kier molecular flexibility index (Phi) is 7.18. The highest BCUT2D eigenvalue weighted by molar-refractivity contribution is 6.32. The molecule has 198 valence electrons. The lowest BCUT2D eigenvalue weighted by Gasteiger charge is -2.46. The number of furan rings is 1. The van der Waals surface area contributed by atoms with Gasteiger partial charge in [0.2, 0.25) is 0 Å². The number of nitro benzene ring substituents is 1. The van der Waals surface area contributed by atoms with Gasteiger partial charge in [-0.05, 0) is 72.4 Å². The number of fused-ring (bicyclic) bond motifs is 1. The van der Waals surface area contributed by atoms with Gasteiger partial charge >= 0.3 is 0 Å². The van der Waals surface area contributed by atoms with Crippen molar-refractivity contribution < 1.29 is 18.9 Å². The van der Waals surface area contributed by atoms with E-state index in [2.05, 4.69) is 48.9 Å². The van der Waals surface area contributed by atoms with E-state index in [1.807, 2.05) is 6.92 Å². The quantitative estimate of drug-likeness (QED) is 0.380. The number of piperidine rings is 1. The lowest BCUT2D eigenvalue weighted by atomic mass is 9.79. The number of hydrogen-bond donors (Lipinski definition) is 3. The first-order chi connectivity index (χ1) is 17.3. The van der Waals surface area contributed by atoms with Crippen LogP contribution < -0.4 is 16.1 Å². The van der Waals surface area contributed by atoms with Gasteiger partial charge in [0.1, 0.15) is 10.8 Å². The molecule has 0 bridgehead atoms. The minimum atomic E-state index is -0.647. The number of hydrogen-bond acceptors (Lipinski definition) is 7. The van der Waals surface area contributed by atoms with Gasteiger partial charge in [0.05, 0.1) is 10.6 Å². The SMILES string of the molecule is Cc1c(C(=O)NC2CC(C)(C)NC(C)(C)C2)oc2c1/C(=N/NC(=O)c1ccc(Cl)c([N+](=O)[O-])c1)CCC2. The third-order valence-electron chi connectivity index (χ3n) is 6.75. The van der Waals surface area contributed by atoms with Crippen molar-refractivity contribution in [1.82, 2.24) is 16.1 Å². The number of hydrazone groups is 1. The third kappa shape index (κ3) is 5.86. The van der Waals surface area contributed by atoms with Crippen LogP contribution in [-0.2, 0) is 6.42 Å². The van der Waals surface area contributed by atoms with E-state index in [4.69, 9.17) is 16.0 Å². The predicted octanol–water partition coefficient (Wildman–Crippen LogP) is 4.66. The zero-order valence-electron chi connectivity index (χ0n) is 21.7. The van der Waals surface area contributed by atoms with Gasteiger partial charge in [0, 0.05) is 46.3 Å². The van der Waals surface area contributed by atoms with Gasteiger partial charge in [0.25, 0.3) is 17.5 Å². The molecule has 4 rings (SSSR count). The van der Waals surface area contributed by atoms with Crippen LogP contribution in [0, 0.1) is 17.0 Å². The maximum atomic E-state index is 13.2. The summed E-state index contributed by atoms with van der Waals surface area (Å²) in [5.41, 5.74) is 3.96. The fraction of sp³-hybridized carbons (Fsp3) is 0.500. The van der Waals surface area contributed by atoms with Gasteiger partial charge in [-0.1, -0.05) is 11.6 Å². The summed E-state index contributed by atoms with van der Waals surface area (Å²) in [5.74, 6) is 0.0558. The number of benzene rings is 1. The molecule has 1 fully saturated rings. The van der Waals surface area contributed by atoms with Crippen LogP contribution in [-0.4, -0.2) is 39.6 Å². The second-order valence-electron chi connectivity index (χ2n) is 11.1. The fourth-order valence-electron chi connectivity index (χ4n) is 5.65. The van der Waals surface area contributed by atoms with Crippen molar-refractivity contribution in [2.75, 3.05) is 0 Å². The molecular weight excluding hydrogens is 498 g/mol. The predicted molar refractivity (Wildman–Crippen MR) is 140 cm³/mol. The van der Waals surface area contributed by atoms with Gasteiger partial charge in [0.15, 0.2) is 5.76 Å². The Morgan fingerprint density at radius 3 is 2.49 bits per heavy atom. The van der Waals surface area contributed by atoms with E-state index < -0.39 is 10.8 Å². The largest absolute Gasteiger partial charge is 0.455 e. The summed E-state index contributed by atoms with van der Waals surface area (Å²) in [6.45, 7) is 10.3. The van der Waals surface area contributed by atoms with Crippen molar-refractivity contribution in [3.05, 3.63) is 61.5 Å². The van der Waals surface area contributed by atoms with Crippen molar-refractivity contribution >= 4 is 34.8 Å². The standard InChI is InChI=1S/C26H32ClN5O5/c1-14-21-18(29-30-23(33)15-9-10-17(27)19(11-15)32(35)36)7-6-8-20(21)37-22(14)24(34)28-16-12-25(2,3)31-26(4,5)13-16/h9-11,16,31H,6-8,12-13H2,1-5H3,(H,28,34)(H,30,33)/b29-18+. The van der Waals surface area contributed by atoms with E-state index in [0.717, 1.165) is 30.9 Å². The molecule has 0 atom stereocenters. The normalized spacial score (nSPS) is 19.8. The molecule has 2 aliphatic rings. The highest BCUT2D eigenvalue weighted by Gasteiger charge is 2.39. The number of carbonyl (C=O) groups is 2. The molecule has 1 aromatic carbocycles. The monoisotopic (exact) mass is 529 g/mol. The van der Waals surface area contributed by atoms with Crippen molar-refractivity contribution in [3.63, 3.8) is 0 Å². The lowest BCUT2D eigenvalue weighted by Crippen LogP contribution is -2.62. The van der Waals surface area contributed by atoms with Crippen LogP contribution in [0.5, 0.6) is 0 Å². The summed E-state index contributed by atoms with van der Waals surface area (Å²) in [6, 6.07) is 3.80. The molecular formula is C26H32ClN5O5. The molecule has 0 saturated carbocycles. The molecule has 0 spiro atoms. The number of aryl methyl sites for hydroxylation is 1. The third-order valence-corrected chi connectivity index (χ3v) is 7.07. The van der Waals surface area contributed by atoms with E-state index >= 15 is 0 Å². The van der Waals surface area contributed by atoms with Crippen LogP contribution in [0.3, 0.4) is 0 Å². The number of nitrogens with one attached hydrogen (secondary N) is 3. The Morgan fingerprint density at radius 2 is 1.84 bits per heavy atom. The highest BCUT2D eigenvalue weighted by atomic mass is 35.5. The molecule has 2 amide bonds. The van der Waals surface area contributed by atoms with Gasteiger partial charge in [-0.2, -0.15) is 5.10 Å². The van der Waals surface area contributed by atoms with Crippen LogP contribution in [0.1, 0.15) is 91.2 Å². The topological polar surface area (TPSA) is 139 Å². The number of nitrogens with zero attached hydrogens (tertiary/aromatic N) is 2. The highest BCUT2D eigenvalue weighted by Crippen LogP contribution is 2.32. The molecule has 1 aromatic heterocycles. The summed E-state index contributed by atoms with van der Waals surface area (Å²) in [7, 11) is 0. The Labute approximate surface area is 220 Å². The van der Waals surface area contributed by atoms with Gasteiger partial charge in [-0.25, -0.2) is 5.43 Å². The first-order valence-corrected chi connectivity index (χ1v) is 12.7. The van der Waals surface area contributed by atoms with E-state index in [-0.39, 0.29) is 45.1 Å². The van der Waals surface area contributed by atoms with Gasteiger partial charge in [-0.3, -0.25) is 19.7 Å². The van der Waals surface area contributed by atoms with E-state index in [1.165, 1.54) is 12.1 Å². The van der Waals surface area contributed by atoms with Gasteiger partial charge < -0.3 is 15.1 Å². The second kappa shape index (κ2) is 9.90. The van der Waals surface area contributed by atoms with Crippen LogP contribution in [0.15, 0.2) is 27.7 Å². The van der Waals surface area contributed by atoms with E-state index in [1.54, 1.807) is 0 Å². The number of rotatable bonds is 5. The maximum Gasteiger partial charge on any atom is 0.288 e. The average Bonchev–Trinajstić information content (AvgIpc) is 3.12. The zero-order valence-corrected chi connectivity index (χ0v) is 22.4. The minimum absolute atomic E-state index is 0.00358. The van der Waals surface area contributed by atoms with E-state index in [9.17, 15) is 19.7 Å². The smallest absolute Gasteiger partial charge is 0.288 e. The van der Waals surface area contributed by atoms with Crippen molar-refractivity contribution in [1.29, 1.82) is 0 Å². The van der Waals surface area contributed by atoms with E-state index in [0.29, 0.717) is 29.9 Å². The Hall–Kier alpha value is -3.24. The van der Waals surface area contributed by atoms with Crippen molar-refractivity contribution in [3.8, 4) is 0 Å². The Balaban J connectivity index is 1.53. The van der Waals surface area contributed by atoms with Crippen LogP contribution in [0.4, 0.5) is 5.69 Å². The van der Waals surface area contributed by atoms with Crippen molar-refractivity contribution in [2.24, 2.45) is 5.10 Å². The lowest BCUT2D eigenvalue weighted by molar-refractivity contribution is -0.384. The molecule has 10 nitrogen and oxygen atoms in total. The Bertz CT molecular complexity index is 1280. The molecule has 1 aliphatic carbocycles. The maximum absolute atomic E-state index is 13.2. The van der Waals surface area contributed by atoms with Crippen LogP contribution in [0.2, 0.25) is 5.02 Å². The number of carbonyl (C=O) groups excluding carboxylic acids is 2. The molecule has 2 heterocycles. The summed E-state index contributed by atoms with van der Waals surface area (Å²) < 4.78 is 6.01. The first kappa shape index (κ1) is 26.8. The van der Waals surface area contributed by atoms with Crippen LogP contribution in [0.25, 0.3) is 0 Å². The summed E-state index contributed by atoms with van der Waals surface area (Å²) in [4.78, 5) is 36.4. The molecule has 1 saturated heterocycles. The molecule has 37 heavy (non-hydrogen) atoms. The summed E-state index contributed by atoms with van der Waals surface area (Å²) in [6.07, 6.45) is 3.59. The first-order valence-electron chi connectivity index (χ1n) is 12.3. The zero-order chi connectivity index (χ0) is 27.1. The van der Waals surface area contributed by atoms with Crippen LogP contribution >= 0.6 is 11.6 Å². The molecule has 11 heteroatoms. The van der Waals surface area contributed by atoms with Gasteiger partial charge in [-0.15, -0.1) is 0 Å². The number of halogens is 1. The van der Waals surface area contributed by atoms with Crippen molar-refractivity contribution in [2.45, 2.75) is 83.8 Å². The summed E-state index contributed by atoms with van der Waals surface area (Å²) in [5, 5.41) is 22.2. The molecule has 0 unspecified atom stereocenters. The second-order valence-corrected chi connectivity index (χ2v) is 11.5.